The predicted molar refractivity (Wildman–Crippen MR) is 95.6 cm³/mol. The molecule has 3 rings (SSSR count). The van der Waals surface area contributed by atoms with Crippen molar-refractivity contribution in [1.82, 2.24) is 10.2 Å². The molecule has 1 aromatic carbocycles. The molecule has 1 saturated heterocycles. The first-order chi connectivity index (χ1) is 11.4. The van der Waals surface area contributed by atoms with Crippen LogP contribution < -0.4 is 5.32 Å². The van der Waals surface area contributed by atoms with E-state index in [1.807, 2.05) is 7.05 Å². The monoisotopic (exact) mass is 313 g/mol. The van der Waals surface area contributed by atoms with Crippen molar-refractivity contribution in [2.24, 2.45) is 4.99 Å². The van der Waals surface area contributed by atoms with Crippen LogP contribution in [0.2, 0.25) is 0 Å². The Bertz CT molecular complexity index is 547. The SMILES string of the molecule is CN=C(NCC1CCCCO1)N1CC=C(c2ccccc2)CC1. The van der Waals surface area contributed by atoms with Crippen molar-refractivity contribution < 1.29 is 4.74 Å². The van der Waals surface area contributed by atoms with Crippen molar-refractivity contribution in [3.63, 3.8) is 0 Å². The van der Waals surface area contributed by atoms with Crippen molar-refractivity contribution in [3.05, 3.63) is 42.0 Å². The van der Waals surface area contributed by atoms with Crippen molar-refractivity contribution in [3.8, 4) is 0 Å². The maximum atomic E-state index is 5.79. The Morgan fingerprint density at radius 2 is 2.17 bits per heavy atom. The minimum absolute atomic E-state index is 0.334. The fourth-order valence-electron chi connectivity index (χ4n) is 3.28. The maximum absolute atomic E-state index is 5.79. The molecule has 124 valence electrons. The summed E-state index contributed by atoms with van der Waals surface area (Å²) >= 11 is 0. The van der Waals surface area contributed by atoms with Crippen molar-refractivity contribution in [2.75, 3.05) is 33.3 Å². The van der Waals surface area contributed by atoms with E-state index in [4.69, 9.17) is 4.74 Å². The van der Waals surface area contributed by atoms with E-state index in [-0.39, 0.29) is 0 Å². The molecule has 2 aliphatic rings. The molecule has 1 unspecified atom stereocenters. The molecular formula is C19H27N3O. The van der Waals surface area contributed by atoms with Crippen LogP contribution >= 0.6 is 0 Å². The van der Waals surface area contributed by atoms with E-state index in [0.717, 1.165) is 45.0 Å². The molecule has 0 amide bonds. The average molecular weight is 313 g/mol. The summed E-state index contributed by atoms with van der Waals surface area (Å²) in [6, 6.07) is 10.7. The van der Waals surface area contributed by atoms with Crippen LogP contribution in [-0.2, 0) is 4.74 Å². The van der Waals surface area contributed by atoms with Gasteiger partial charge in [0.05, 0.1) is 6.10 Å². The van der Waals surface area contributed by atoms with Gasteiger partial charge in [0.1, 0.15) is 0 Å². The minimum Gasteiger partial charge on any atom is -0.376 e. The van der Waals surface area contributed by atoms with Crippen LogP contribution in [0.5, 0.6) is 0 Å². The standard InChI is InChI=1S/C19H27N3O/c1-20-19(21-15-18-9-5-6-14-23-18)22-12-10-17(11-13-22)16-7-3-2-4-8-16/h2-4,7-8,10,18H,5-6,9,11-15H2,1H3,(H,20,21). The van der Waals surface area contributed by atoms with E-state index in [1.165, 1.54) is 24.0 Å². The molecule has 2 aliphatic heterocycles. The number of nitrogens with zero attached hydrogens (tertiary/aromatic N) is 2. The minimum atomic E-state index is 0.334. The van der Waals surface area contributed by atoms with Gasteiger partial charge >= 0.3 is 0 Å². The molecular weight excluding hydrogens is 286 g/mol. The molecule has 1 fully saturated rings. The van der Waals surface area contributed by atoms with Gasteiger partial charge in [-0.25, -0.2) is 0 Å². The molecule has 4 heteroatoms. The number of ether oxygens (including phenoxy) is 1. The van der Waals surface area contributed by atoms with Crippen molar-refractivity contribution in [2.45, 2.75) is 31.8 Å². The lowest BCUT2D eigenvalue weighted by Crippen LogP contribution is -2.46. The number of benzene rings is 1. The summed E-state index contributed by atoms with van der Waals surface area (Å²) in [6.45, 7) is 3.68. The van der Waals surface area contributed by atoms with E-state index < -0.39 is 0 Å². The first kappa shape index (κ1) is 16.1. The van der Waals surface area contributed by atoms with Gasteiger partial charge in [0.2, 0.25) is 0 Å². The zero-order chi connectivity index (χ0) is 15.9. The molecule has 0 aliphatic carbocycles. The van der Waals surface area contributed by atoms with Crippen LogP contribution in [0.15, 0.2) is 41.4 Å². The second-order valence-electron chi connectivity index (χ2n) is 6.21. The third-order valence-corrected chi connectivity index (χ3v) is 4.63. The van der Waals surface area contributed by atoms with E-state index in [2.05, 4.69) is 51.6 Å². The number of aliphatic imine (C=N–C) groups is 1. The van der Waals surface area contributed by atoms with Gasteiger partial charge in [-0.05, 0) is 36.8 Å². The Balaban J connectivity index is 1.53. The quantitative estimate of drug-likeness (QED) is 0.688. The highest BCUT2D eigenvalue weighted by Gasteiger charge is 2.18. The lowest BCUT2D eigenvalue weighted by molar-refractivity contribution is 0.0191. The van der Waals surface area contributed by atoms with Crippen molar-refractivity contribution >= 4 is 11.5 Å². The van der Waals surface area contributed by atoms with E-state index in [9.17, 15) is 0 Å². The fraction of sp³-hybridized carbons (Fsp3) is 0.526. The Hall–Kier alpha value is -1.81. The molecule has 0 spiro atoms. The topological polar surface area (TPSA) is 36.9 Å². The third kappa shape index (κ3) is 4.35. The zero-order valence-corrected chi connectivity index (χ0v) is 14.0. The molecule has 0 radical (unpaired) electrons. The number of guanidine groups is 1. The van der Waals surface area contributed by atoms with Gasteiger partial charge in [0.25, 0.3) is 0 Å². The summed E-state index contributed by atoms with van der Waals surface area (Å²) in [6.07, 6.45) is 7.35. The molecule has 1 N–H and O–H groups in total. The van der Waals surface area contributed by atoms with Crippen LogP contribution in [0.3, 0.4) is 0 Å². The van der Waals surface area contributed by atoms with Gasteiger partial charge in [0, 0.05) is 33.3 Å². The van der Waals surface area contributed by atoms with Gasteiger partial charge in [-0.15, -0.1) is 0 Å². The van der Waals surface area contributed by atoms with Gasteiger partial charge < -0.3 is 15.0 Å². The number of hydrogen-bond acceptors (Lipinski definition) is 2. The lowest BCUT2D eigenvalue weighted by Gasteiger charge is -2.31. The lowest BCUT2D eigenvalue weighted by atomic mass is 10.00. The Kier molecular flexibility index (Phi) is 5.70. The summed E-state index contributed by atoms with van der Waals surface area (Å²) in [4.78, 5) is 6.76. The third-order valence-electron chi connectivity index (χ3n) is 4.63. The highest BCUT2D eigenvalue weighted by atomic mass is 16.5. The summed E-state index contributed by atoms with van der Waals surface area (Å²) < 4.78 is 5.79. The van der Waals surface area contributed by atoms with Crippen LogP contribution in [0.25, 0.3) is 5.57 Å². The molecule has 23 heavy (non-hydrogen) atoms. The average Bonchev–Trinajstić information content (AvgIpc) is 2.64. The van der Waals surface area contributed by atoms with Crippen LogP contribution in [0.4, 0.5) is 0 Å². The maximum Gasteiger partial charge on any atom is 0.194 e. The summed E-state index contributed by atoms with van der Waals surface area (Å²) in [5, 5.41) is 3.49. The van der Waals surface area contributed by atoms with Crippen LogP contribution in [-0.4, -0.2) is 50.3 Å². The molecule has 2 heterocycles. The number of hydrogen-bond donors (Lipinski definition) is 1. The summed E-state index contributed by atoms with van der Waals surface area (Å²) in [7, 11) is 1.86. The van der Waals surface area contributed by atoms with Gasteiger partial charge in [0.15, 0.2) is 5.96 Å². The molecule has 0 bridgehead atoms. The first-order valence-electron chi connectivity index (χ1n) is 8.68. The van der Waals surface area contributed by atoms with E-state index in [1.54, 1.807) is 0 Å². The first-order valence-corrected chi connectivity index (χ1v) is 8.68. The van der Waals surface area contributed by atoms with E-state index in [0.29, 0.717) is 6.10 Å². The largest absolute Gasteiger partial charge is 0.376 e. The highest BCUT2D eigenvalue weighted by molar-refractivity contribution is 5.81. The van der Waals surface area contributed by atoms with Crippen LogP contribution in [0.1, 0.15) is 31.2 Å². The molecule has 1 aromatic rings. The zero-order valence-electron chi connectivity index (χ0n) is 14.0. The summed E-state index contributed by atoms with van der Waals surface area (Å²) in [5.74, 6) is 0.988. The van der Waals surface area contributed by atoms with Gasteiger partial charge in [-0.3, -0.25) is 4.99 Å². The Labute approximate surface area is 139 Å². The molecule has 0 aromatic heterocycles. The summed E-state index contributed by atoms with van der Waals surface area (Å²) in [5.41, 5.74) is 2.78. The molecule has 1 atom stereocenters. The smallest absolute Gasteiger partial charge is 0.194 e. The Morgan fingerprint density at radius 3 is 2.83 bits per heavy atom. The predicted octanol–water partition coefficient (Wildman–Crippen LogP) is 2.92. The van der Waals surface area contributed by atoms with Gasteiger partial charge in [-0.2, -0.15) is 0 Å². The number of rotatable bonds is 3. The molecule has 4 nitrogen and oxygen atoms in total. The second kappa shape index (κ2) is 8.16. The second-order valence-corrected chi connectivity index (χ2v) is 6.21. The number of nitrogens with one attached hydrogen (secondary N) is 1. The highest BCUT2D eigenvalue weighted by Crippen LogP contribution is 2.22. The van der Waals surface area contributed by atoms with E-state index >= 15 is 0 Å². The van der Waals surface area contributed by atoms with Crippen molar-refractivity contribution in [1.29, 1.82) is 0 Å². The molecule has 0 saturated carbocycles. The Morgan fingerprint density at radius 1 is 1.30 bits per heavy atom. The fourth-order valence-corrected chi connectivity index (χ4v) is 3.28. The van der Waals surface area contributed by atoms with Gasteiger partial charge in [-0.1, -0.05) is 36.4 Å². The van der Waals surface area contributed by atoms with Crippen LogP contribution in [0, 0.1) is 0 Å². The normalized spacial score (nSPS) is 22.7.